The minimum atomic E-state index is -0.724. The Morgan fingerprint density at radius 2 is 2.03 bits per heavy atom. The first-order chi connectivity index (χ1) is 13.8. The highest BCUT2D eigenvalue weighted by molar-refractivity contribution is 5.93. The second-order valence-electron chi connectivity index (χ2n) is 6.79. The molecule has 1 amide bonds. The van der Waals surface area contributed by atoms with E-state index in [0.29, 0.717) is 11.4 Å². The van der Waals surface area contributed by atoms with Gasteiger partial charge in [-0.1, -0.05) is 17.7 Å². The predicted molar refractivity (Wildman–Crippen MR) is 106 cm³/mol. The van der Waals surface area contributed by atoms with Crippen LogP contribution in [0.1, 0.15) is 29.8 Å². The van der Waals surface area contributed by atoms with Crippen molar-refractivity contribution in [2.75, 3.05) is 5.32 Å². The van der Waals surface area contributed by atoms with Gasteiger partial charge in [0, 0.05) is 0 Å². The molecule has 10 heteroatoms. The number of hydrogen-bond acceptors (Lipinski definition) is 6. The summed E-state index contributed by atoms with van der Waals surface area (Å²) in [6.45, 7) is 7.35. The molecule has 2 heterocycles. The van der Waals surface area contributed by atoms with Crippen LogP contribution in [0.15, 0.2) is 36.8 Å². The third-order valence-corrected chi connectivity index (χ3v) is 4.55. The molecule has 0 aliphatic carbocycles. The molecule has 152 valence electrons. The van der Waals surface area contributed by atoms with Crippen molar-refractivity contribution in [3.8, 4) is 5.75 Å². The Balaban J connectivity index is 1.62. The van der Waals surface area contributed by atoms with Gasteiger partial charge >= 0.3 is 5.69 Å². The number of nitro groups is 1. The minimum Gasteiger partial charge on any atom is -0.471 e. The van der Waals surface area contributed by atoms with Crippen LogP contribution in [0, 0.1) is 30.9 Å². The lowest BCUT2D eigenvalue weighted by Gasteiger charge is -2.13. The number of anilines is 1. The molecule has 3 rings (SSSR count). The van der Waals surface area contributed by atoms with Crippen molar-refractivity contribution in [2.24, 2.45) is 0 Å². The zero-order valence-electron chi connectivity index (χ0n) is 16.6. The average Bonchev–Trinajstić information content (AvgIpc) is 3.26. The summed E-state index contributed by atoms with van der Waals surface area (Å²) in [7, 11) is 0. The molecule has 0 fully saturated rings. The van der Waals surface area contributed by atoms with Crippen LogP contribution < -0.4 is 10.1 Å². The maximum Gasteiger partial charge on any atom is 0.309 e. The normalized spacial score (nSPS) is 11.9. The molecule has 2 aromatic heterocycles. The molecule has 10 nitrogen and oxygen atoms in total. The second kappa shape index (κ2) is 8.13. The summed E-state index contributed by atoms with van der Waals surface area (Å²) in [5.41, 5.74) is 2.87. The van der Waals surface area contributed by atoms with Crippen molar-refractivity contribution in [1.82, 2.24) is 19.6 Å². The van der Waals surface area contributed by atoms with E-state index in [1.165, 1.54) is 10.9 Å². The molecular formula is C19H22N6O4. The maximum absolute atomic E-state index is 12.5. The molecule has 0 saturated carbocycles. The van der Waals surface area contributed by atoms with E-state index in [1.54, 1.807) is 24.7 Å². The van der Waals surface area contributed by atoms with Crippen LogP contribution >= 0.6 is 0 Å². The van der Waals surface area contributed by atoms with Crippen LogP contribution in [-0.2, 0) is 11.5 Å². The lowest BCUT2D eigenvalue weighted by molar-refractivity contribution is -0.385. The van der Waals surface area contributed by atoms with E-state index in [4.69, 9.17) is 4.74 Å². The molecule has 0 radical (unpaired) electrons. The number of aryl methyl sites for hydroxylation is 2. The fourth-order valence-electron chi connectivity index (χ4n) is 2.94. The van der Waals surface area contributed by atoms with E-state index in [9.17, 15) is 14.9 Å². The molecule has 1 unspecified atom stereocenters. The molecule has 29 heavy (non-hydrogen) atoms. The summed E-state index contributed by atoms with van der Waals surface area (Å²) in [6.07, 6.45) is 4.29. The minimum absolute atomic E-state index is 0.124. The summed E-state index contributed by atoms with van der Waals surface area (Å²) in [4.78, 5) is 22.9. The zero-order chi connectivity index (χ0) is 21.1. The van der Waals surface area contributed by atoms with Crippen LogP contribution in [0.25, 0.3) is 0 Å². The van der Waals surface area contributed by atoms with Crippen molar-refractivity contribution >= 4 is 17.3 Å². The molecule has 0 spiro atoms. The first-order valence-electron chi connectivity index (χ1n) is 8.98. The van der Waals surface area contributed by atoms with Gasteiger partial charge in [0.05, 0.1) is 23.0 Å². The lowest BCUT2D eigenvalue weighted by atomic mass is 10.1. The number of carbonyl (C=O) groups excluding carboxylic acids is 1. The Kier molecular flexibility index (Phi) is 5.62. The molecule has 0 aliphatic heterocycles. The molecule has 1 aromatic carbocycles. The predicted octanol–water partition coefficient (Wildman–Crippen LogP) is 3.15. The molecule has 1 atom stereocenters. The number of ether oxygens (including phenoxy) is 1. The van der Waals surface area contributed by atoms with Gasteiger partial charge in [0.15, 0.2) is 6.73 Å². The molecule has 1 N–H and O–H groups in total. The molecule has 3 aromatic rings. The van der Waals surface area contributed by atoms with E-state index in [-0.39, 0.29) is 18.3 Å². The van der Waals surface area contributed by atoms with Crippen molar-refractivity contribution in [3.63, 3.8) is 0 Å². The van der Waals surface area contributed by atoms with Gasteiger partial charge in [-0.2, -0.15) is 10.2 Å². The summed E-state index contributed by atoms with van der Waals surface area (Å²) in [5.74, 6) is 0.405. The van der Waals surface area contributed by atoms with E-state index in [2.05, 4.69) is 15.5 Å². The highest BCUT2D eigenvalue weighted by Crippen LogP contribution is 2.21. The number of carbonyl (C=O) groups is 1. The van der Waals surface area contributed by atoms with Crippen molar-refractivity contribution in [3.05, 3.63) is 63.7 Å². The Morgan fingerprint density at radius 1 is 1.28 bits per heavy atom. The molecular weight excluding hydrogens is 376 g/mol. The third-order valence-electron chi connectivity index (χ3n) is 4.55. The first-order valence-corrected chi connectivity index (χ1v) is 8.98. The zero-order valence-corrected chi connectivity index (χ0v) is 16.6. The highest BCUT2D eigenvalue weighted by Gasteiger charge is 2.24. The highest BCUT2D eigenvalue weighted by atomic mass is 16.6. The summed E-state index contributed by atoms with van der Waals surface area (Å²) in [6, 6.07) is 5.19. The van der Waals surface area contributed by atoms with Gasteiger partial charge in [-0.25, -0.2) is 4.68 Å². The summed E-state index contributed by atoms with van der Waals surface area (Å²) < 4.78 is 8.64. The lowest BCUT2D eigenvalue weighted by Crippen LogP contribution is -2.25. The topological polar surface area (TPSA) is 117 Å². The van der Waals surface area contributed by atoms with Crippen molar-refractivity contribution in [1.29, 1.82) is 0 Å². The van der Waals surface area contributed by atoms with E-state index < -0.39 is 11.0 Å². The first kappa shape index (κ1) is 20.1. The number of aromatic nitrogens is 4. The fraction of sp³-hybridized carbons (Fsp3) is 0.316. The Bertz CT molecular complexity index is 1050. The Hall–Kier alpha value is -3.69. The van der Waals surface area contributed by atoms with Gasteiger partial charge in [-0.15, -0.1) is 0 Å². The number of rotatable bonds is 7. The number of benzene rings is 1. The van der Waals surface area contributed by atoms with Crippen LogP contribution in [0.3, 0.4) is 0 Å². The van der Waals surface area contributed by atoms with Crippen LogP contribution in [0.2, 0.25) is 0 Å². The van der Waals surface area contributed by atoms with Crippen molar-refractivity contribution < 1.29 is 14.5 Å². The largest absolute Gasteiger partial charge is 0.471 e. The third kappa shape index (κ3) is 4.42. The Morgan fingerprint density at radius 3 is 2.69 bits per heavy atom. The molecule has 0 saturated heterocycles. The van der Waals surface area contributed by atoms with Crippen LogP contribution in [0.4, 0.5) is 11.4 Å². The Labute approximate surface area is 167 Å². The summed E-state index contributed by atoms with van der Waals surface area (Å²) in [5, 5.41) is 21.8. The van der Waals surface area contributed by atoms with Crippen molar-refractivity contribution in [2.45, 2.75) is 40.5 Å². The summed E-state index contributed by atoms with van der Waals surface area (Å²) >= 11 is 0. The second-order valence-corrected chi connectivity index (χ2v) is 6.79. The van der Waals surface area contributed by atoms with Gasteiger partial charge in [0.25, 0.3) is 0 Å². The van der Waals surface area contributed by atoms with Gasteiger partial charge < -0.3 is 10.1 Å². The maximum atomic E-state index is 12.5. The van der Waals surface area contributed by atoms with E-state index in [0.717, 1.165) is 23.1 Å². The SMILES string of the molecule is Cc1ccc(OCn2cc(NC(=O)C(C)n3ncc([N+](=O)[O-])c3C)cn2)c(C)c1. The smallest absolute Gasteiger partial charge is 0.309 e. The standard InChI is InChI=1S/C19H22N6O4/c1-12-5-6-18(13(2)7-12)29-11-23-10-16(8-20-23)22-19(26)15(4)24-14(3)17(9-21-24)25(27)28/h5-10,15H,11H2,1-4H3,(H,22,26). The number of nitrogens with one attached hydrogen (secondary N) is 1. The number of hydrogen-bond donors (Lipinski definition) is 1. The van der Waals surface area contributed by atoms with Gasteiger partial charge in [-0.05, 0) is 39.3 Å². The fourth-order valence-corrected chi connectivity index (χ4v) is 2.94. The average molecular weight is 398 g/mol. The van der Waals surface area contributed by atoms with Crippen LogP contribution in [-0.4, -0.2) is 30.4 Å². The molecule has 0 aliphatic rings. The van der Waals surface area contributed by atoms with E-state index in [1.807, 2.05) is 32.0 Å². The van der Waals surface area contributed by atoms with Gasteiger partial charge in [-0.3, -0.25) is 19.6 Å². The number of nitrogens with zero attached hydrogens (tertiary/aromatic N) is 5. The van der Waals surface area contributed by atoms with Gasteiger partial charge in [0.2, 0.25) is 5.91 Å². The molecule has 0 bridgehead atoms. The monoisotopic (exact) mass is 398 g/mol. The van der Waals surface area contributed by atoms with Crippen LogP contribution in [0.5, 0.6) is 5.75 Å². The van der Waals surface area contributed by atoms with Gasteiger partial charge in [0.1, 0.15) is 23.7 Å². The van der Waals surface area contributed by atoms with E-state index >= 15 is 0 Å². The quantitative estimate of drug-likeness (QED) is 0.483. The number of amides is 1.